The molecular weight excluding hydrogens is 224 g/mol. The van der Waals surface area contributed by atoms with Crippen LogP contribution in [0.3, 0.4) is 0 Å². The normalized spacial score (nSPS) is 12.4. The Morgan fingerprint density at radius 1 is 1.62 bits per heavy atom. The van der Waals surface area contributed by atoms with E-state index in [1.807, 2.05) is 5.38 Å². The number of hydrogen-bond acceptors (Lipinski definition) is 5. The second-order valence-corrected chi connectivity index (χ2v) is 4.59. The van der Waals surface area contributed by atoms with E-state index < -0.39 is 5.97 Å². The predicted molar refractivity (Wildman–Crippen MR) is 64.3 cm³/mol. The Balaban J connectivity index is 2.70. The van der Waals surface area contributed by atoms with Gasteiger partial charge in [-0.1, -0.05) is 26.7 Å². The minimum atomic E-state index is -0.554. The second kappa shape index (κ2) is 6.60. The second-order valence-electron chi connectivity index (χ2n) is 3.73. The van der Waals surface area contributed by atoms with E-state index in [2.05, 4.69) is 23.7 Å². The monoisotopic (exact) mass is 242 g/mol. The van der Waals surface area contributed by atoms with Crippen molar-refractivity contribution in [2.75, 3.05) is 0 Å². The molecule has 5 heteroatoms. The Morgan fingerprint density at radius 2 is 2.38 bits per heavy atom. The van der Waals surface area contributed by atoms with Crippen LogP contribution in [0.2, 0.25) is 0 Å². The van der Waals surface area contributed by atoms with Crippen LogP contribution >= 0.6 is 11.3 Å². The molecule has 0 saturated carbocycles. The zero-order chi connectivity index (χ0) is 12.0. The summed E-state index contributed by atoms with van der Waals surface area (Å²) in [7, 11) is 0. The molecule has 90 valence electrons. The first-order chi connectivity index (χ1) is 7.72. The van der Waals surface area contributed by atoms with Crippen molar-refractivity contribution in [3.63, 3.8) is 0 Å². The minimum absolute atomic E-state index is 0.340. The Bertz CT molecular complexity index is 338. The molecule has 2 N–H and O–H groups in total. The molecule has 0 aliphatic heterocycles. The number of aromatic nitrogens is 1. The van der Waals surface area contributed by atoms with E-state index in [9.17, 15) is 4.79 Å². The summed E-state index contributed by atoms with van der Waals surface area (Å²) in [5.41, 5.74) is 0.987. The highest BCUT2D eigenvalue weighted by Gasteiger charge is 2.16. The Labute approximate surface area is 99.8 Å². The summed E-state index contributed by atoms with van der Waals surface area (Å²) in [6.07, 6.45) is 4.53. The summed E-state index contributed by atoms with van der Waals surface area (Å²) in [5.74, 6) is 4.71. The minimum Gasteiger partial charge on any atom is -0.368 e. The lowest BCUT2D eigenvalue weighted by Gasteiger charge is -2.10. The molecule has 0 spiro atoms. The third-order valence-electron chi connectivity index (χ3n) is 2.62. The van der Waals surface area contributed by atoms with E-state index in [1.165, 1.54) is 24.2 Å². The van der Waals surface area contributed by atoms with Crippen molar-refractivity contribution in [3.8, 4) is 0 Å². The largest absolute Gasteiger partial charge is 0.385 e. The highest BCUT2D eigenvalue weighted by Crippen LogP contribution is 2.26. The average molecular weight is 242 g/mol. The molecule has 1 heterocycles. The molecule has 1 unspecified atom stereocenters. The van der Waals surface area contributed by atoms with Crippen molar-refractivity contribution in [1.29, 1.82) is 0 Å². The number of rotatable bonds is 6. The quantitative estimate of drug-likeness (QED) is 0.779. The molecule has 16 heavy (non-hydrogen) atoms. The molecule has 1 aromatic rings. The topological polar surface area (TPSA) is 65.2 Å². The fraction of sp³-hybridized carbons (Fsp3) is 0.636. The zero-order valence-electron chi connectivity index (χ0n) is 9.73. The van der Waals surface area contributed by atoms with Crippen LogP contribution in [0.4, 0.5) is 0 Å². The summed E-state index contributed by atoms with van der Waals surface area (Å²) in [4.78, 5) is 19.6. The molecule has 0 amide bonds. The van der Waals surface area contributed by atoms with Gasteiger partial charge in [0.1, 0.15) is 0 Å². The van der Waals surface area contributed by atoms with E-state index >= 15 is 0 Å². The summed E-state index contributed by atoms with van der Waals surface area (Å²) in [6, 6.07) is 0. The first kappa shape index (κ1) is 13.1. The summed E-state index contributed by atoms with van der Waals surface area (Å²) >= 11 is 1.29. The van der Waals surface area contributed by atoms with E-state index in [0.29, 0.717) is 10.9 Å². The SMILES string of the molecule is CCCCC(CC)c1csc(C(=O)ON)n1. The molecule has 0 fully saturated rings. The summed E-state index contributed by atoms with van der Waals surface area (Å²) < 4.78 is 0. The van der Waals surface area contributed by atoms with Gasteiger partial charge >= 0.3 is 5.97 Å². The third-order valence-corrected chi connectivity index (χ3v) is 3.46. The molecule has 0 aromatic carbocycles. The van der Waals surface area contributed by atoms with Crippen LogP contribution in [0.1, 0.15) is 60.9 Å². The molecule has 1 atom stereocenters. The number of hydrogen-bond donors (Lipinski definition) is 1. The predicted octanol–water partition coefficient (Wildman–Crippen LogP) is 2.86. The number of nitrogens with zero attached hydrogens (tertiary/aromatic N) is 1. The molecule has 0 bridgehead atoms. The smallest absolute Gasteiger partial charge is 0.368 e. The highest BCUT2D eigenvalue weighted by atomic mass is 32.1. The molecule has 0 saturated heterocycles. The lowest BCUT2D eigenvalue weighted by Crippen LogP contribution is -2.10. The van der Waals surface area contributed by atoms with Crippen LogP contribution < -0.4 is 5.90 Å². The molecular formula is C11H18N2O2S. The highest BCUT2D eigenvalue weighted by molar-refractivity contribution is 7.11. The Kier molecular flexibility index (Phi) is 5.42. The number of carbonyl (C=O) groups excluding carboxylic acids is 1. The molecule has 1 aromatic heterocycles. The van der Waals surface area contributed by atoms with Crippen LogP contribution in [-0.4, -0.2) is 11.0 Å². The fourth-order valence-corrected chi connectivity index (χ4v) is 2.41. The van der Waals surface area contributed by atoms with Crippen molar-refractivity contribution in [1.82, 2.24) is 4.98 Å². The van der Waals surface area contributed by atoms with Gasteiger partial charge in [-0.25, -0.2) is 9.78 Å². The van der Waals surface area contributed by atoms with Gasteiger partial charge in [-0.05, 0) is 12.8 Å². The lowest BCUT2D eigenvalue weighted by atomic mass is 9.97. The average Bonchev–Trinajstić information content (AvgIpc) is 2.78. The van der Waals surface area contributed by atoms with E-state index in [4.69, 9.17) is 5.90 Å². The van der Waals surface area contributed by atoms with Gasteiger partial charge in [-0.15, -0.1) is 11.3 Å². The maximum Gasteiger partial charge on any atom is 0.385 e. The van der Waals surface area contributed by atoms with Crippen molar-refractivity contribution in [2.45, 2.75) is 45.4 Å². The van der Waals surface area contributed by atoms with Gasteiger partial charge in [-0.2, -0.15) is 5.90 Å². The zero-order valence-corrected chi connectivity index (χ0v) is 10.5. The van der Waals surface area contributed by atoms with Crippen molar-refractivity contribution in [3.05, 3.63) is 16.1 Å². The van der Waals surface area contributed by atoms with Crippen LogP contribution in [0, 0.1) is 0 Å². The van der Waals surface area contributed by atoms with Gasteiger partial charge < -0.3 is 4.84 Å². The molecule has 1 rings (SSSR count). The van der Waals surface area contributed by atoms with E-state index in [-0.39, 0.29) is 0 Å². The number of unbranched alkanes of at least 4 members (excludes halogenated alkanes) is 1. The van der Waals surface area contributed by atoms with Gasteiger partial charge in [0.25, 0.3) is 0 Å². The lowest BCUT2D eigenvalue weighted by molar-refractivity contribution is 0.0502. The molecule has 0 aliphatic carbocycles. The number of thiazole rings is 1. The van der Waals surface area contributed by atoms with Gasteiger partial charge in [0.05, 0.1) is 5.69 Å². The maximum absolute atomic E-state index is 11.2. The Morgan fingerprint density at radius 3 is 2.94 bits per heavy atom. The third kappa shape index (κ3) is 3.28. The standard InChI is InChI=1S/C11H18N2O2S/c1-3-5-6-8(4-2)9-7-16-10(13-9)11(14)15-12/h7-8H,3-6,12H2,1-2H3. The van der Waals surface area contributed by atoms with Crippen LogP contribution in [0.15, 0.2) is 5.38 Å². The van der Waals surface area contributed by atoms with Crippen LogP contribution in [-0.2, 0) is 4.84 Å². The molecule has 4 nitrogen and oxygen atoms in total. The summed E-state index contributed by atoms with van der Waals surface area (Å²) in [6.45, 7) is 4.31. The van der Waals surface area contributed by atoms with Crippen molar-refractivity contribution < 1.29 is 9.63 Å². The van der Waals surface area contributed by atoms with E-state index in [1.54, 1.807) is 0 Å². The first-order valence-corrected chi connectivity index (χ1v) is 6.47. The molecule has 0 aliphatic rings. The Hall–Kier alpha value is -0.940. The van der Waals surface area contributed by atoms with Gasteiger partial charge in [0.2, 0.25) is 5.01 Å². The maximum atomic E-state index is 11.2. The van der Waals surface area contributed by atoms with Gasteiger partial charge in [0.15, 0.2) is 0 Å². The van der Waals surface area contributed by atoms with Crippen LogP contribution in [0.25, 0.3) is 0 Å². The van der Waals surface area contributed by atoms with Gasteiger partial charge in [-0.3, -0.25) is 0 Å². The van der Waals surface area contributed by atoms with Crippen LogP contribution in [0.5, 0.6) is 0 Å². The number of nitrogens with two attached hydrogens (primary N) is 1. The van der Waals surface area contributed by atoms with Crippen molar-refractivity contribution >= 4 is 17.3 Å². The summed E-state index contributed by atoms with van der Waals surface area (Å²) in [5, 5.41) is 2.27. The van der Waals surface area contributed by atoms with Crippen molar-refractivity contribution in [2.24, 2.45) is 5.90 Å². The van der Waals surface area contributed by atoms with E-state index in [0.717, 1.165) is 18.5 Å². The molecule has 0 radical (unpaired) electrons. The first-order valence-electron chi connectivity index (χ1n) is 5.59. The fourth-order valence-electron chi connectivity index (χ4n) is 1.63. The van der Waals surface area contributed by atoms with Gasteiger partial charge in [0, 0.05) is 11.3 Å². The number of carbonyl (C=O) groups is 1.